The van der Waals surface area contributed by atoms with Crippen LogP contribution in [-0.4, -0.2) is 22.1 Å². The minimum absolute atomic E-state index is 0.134. The van der Waals surface area contributed by atoms with Crippen LogP contribution < -0.4 is 5.56 Å². The van der Waals surface area contributed by atoms with Crippen molar-refractivity contribution in [2.45, 2.75) is 59.4 Å². The summed E-state index contributed by atoms with van der Waals surface area (Å²) in [6.07, 6.45) is 4.14. The molecule has 158 valence electrons. The molecule has 0 aliphatic heterocycles. The van der Waals surface area contributed by atoms with E-state index in [9.17, 15) is 9.59 Å². The van der Waals surface area contributed by atoms with Gasteiger partial charge < -0.3 is 4.74 Å². The minimum Gasteiger partial charge on any atom is -0.464 e. The van der Waals surface area contributed by atoms with Crippen molar-refractivity contribution in [2.24, 2.45) is 5.92 Å². The molecule has 1 aliphatic carbocycles. The quantitative estimate of drug-likeness (QED) is 0.536. The van der Waals surface area contributed by atoms with Gasteiger partial charge in [0, 0.05) is 10.4 Å². The van der Waals surface area contributed by atoms with Gasteiger partial charge in [0.15, 0.2) is 0 Å². The van der Waals surface area contributed by atoms with Crippen molar-refractivity contribution >= 4 is 27.5 Å². The largest absolute Gasteiger partial charge is 0.464 e. The Hall–Kier alpha value is -2.47. The summed E-state index contributed by atoms with van der Waals surface area (Å²) >= 11 is 1.63. The number of carbonyl (C=O) groups excluding carboxylic acids is 1. The maximum atomic E-state index is 13.7. The molecule has 0 saturated heterocycles. The second-order valence-corrected chi connectivity index (χ2v) is 9.65. The molecule has 6 heteroatoms. The molecule has 2 aromatic heterocycles. The normalized spacial score (nSPS) is 14.7. The van der Waals surface area contributed by atoms with Crippen LogP contribution in [0.3, 0.4) is 0 Å². The lowest BCUT2D eigenvalue weighted by molar-refractivity contribution is -0.148. The fourth-order valence-electron chi connectivity index (χ4n) is 4.04. The number of fused-ring (bicyclic) bond motifs is 3. The highest BCUT2D eigenvalue weighted by atomic mass is 32.1. The van der Waals surface area contributed by atoms with Gasteiger partial charge in [0.2, 0.25) is 0 Å². The lowest BCUT2D eigenvalue weighted by Gasteiger charge is -2.19. The highest BCUT2D eigenvalue weighted by Crippen LogP contribution is 2.35. The molecule has 0 spiro atoms. The fraction of sp³-hybridized carbons (Fsp3) is 0.458. The van der Waals surface area contributed by atoms with Crippen molar-refractivity contribution < 1.29 is 9.53 Å². The number of aryl methyl sites for hydroxylation is 3. The standard InChI is InChI=1S/C24H28N2O3S/c1-14(2)13-29-24(28)16(4)26-21(17-9-7-8-15(3)12-17)25-22-20(23(26)27)18-10-5-6-11-19(18)30-22/h7-9,12,14,16H,5-6,10-11,13H2,1-4H3. The van der Waals surface area contributed by atoms with Gasteiger partial charge in [-0.2, -0.15) is 0 Å². The van der Waals surface area contributed by atoms with Gasteiger partial charge >= 0.3 is 5.97 Å². The van der Waals surface area contributed by atoms with Crippen LogP contribution in [0, 0.1) is 12.8 Å². The maximum absolute atomic E-state index is 13.7. The number of ether oxygens (including phenoxy) is 1. The van der Waals surface area contributed by atoms with E-state index < -0.39 is 12.0 Å². The number of hydrogen-bond acceptors (Lipinski definition) is 5. The molecule has 0 N–H and O–H groups in total. The van der Waals surface area contributed by atoms with Gasteiger partial charge in [-0.15, -0.1) is 11.3 Å². The molecule has 1 unspecified atom stereocenters. The molecule has 30 heavy (non-hydrogen) atoms. The third kappa shape index (κ3) is 3.81. The first-order chi connectivity index (χ1) is 14.4. The third-order valence-electron chi connectivity index (χ3n) is 5.58. The molecule has 1 aromatic carbocycles. The Morgan fingerprint density at radius 1 is 1.23 bits per heavy atom. The fourth-order valence-corrected chi connectivity index (χ4v) is 5.29. The average Bonchev–Trinajstić information content (AvgIpc) is 3.10. The Kier molecular flexibility index (Phi) is 5.78. The minimum atomic E-state index is -0.747. The third-order valence-corrected chi connectivity index (χ3v) is 6.77. The number of thiophene rings is 1. The number of rotatable bonds is 5. The molecule has 1 aliphatic rings. The Morgan fingerprint density at radius 3 is 2.73 bits per heavy atom. The van der Waals surface area contributed by atoms with E-state index in [4.69, 9.17) is 9.72 Å². The van der Waals surface area contributed by atoms with Crippen LogP contribution in [0.5, 0.6) is 0 Å². The SMILES string of the molecule is Cc1cccc(-c2nc3sc4c(c3c(=O)n2C(C)C(=O)OCC(C)C)CCCC4)c1. The summed E-state index contributed by atoms with van der Waals surface area (Å²) in [6, 6.07) is 7.16. The Labute approximate surface area is 180 Å². The first-order valence-corrected chi connectivity index (χ1v) is 11.5. The van der Waals surface area contributed by atoms with E-state index in [1.807, 2.05) is 45.0 Å². The monoisotopic (exact) mass is 424 g/mol. The van der Waals surface area contributed by atoms with Gasteiger partial charge in [-0.3, -0.25) is 9.36 Å². The molecule has 0 fully saturated rings. The smallest absolute Gasteiger partial charge is 0.329 e. The average molecular weight is 425 g/mol. The predicted octanol–water partition coefficient (Wildman–Crippen LogP) is 5.07. The second kappa shape index (κ2) is 8.34. The molecular formula is C24H28N2O3S. The Morgan fingerprint density at radius 2 is 2.00 bits per heavy atom. The molecule has 5 nitrogen and oxygen atoms in total. The lowest BCUT2D eigenvalue weighted by atomic mass is 9.97. The summed E-state index contributed by atoms with van der Waals surface area (Å²) in [7, 11) is 0. The lowest BCUT2D eigenvalue weighted by Crippen LogP contribution is -2.32. The first kappa shape index (κ1) is 20.8. The highest BCUT2D eigenvalue weighted by Gasteiger charge is 2.27. The van der Waals surface area contributed by atoms with Crippen molar-refractivity contribution in [1.82, 2.24) is 9.55 Å². The predicted molar refractivity (Wildman–Crippen MR) is 121 cm³/mol. The zero-order valence-electron chi connectivity index (χ0n) is 18.0. The molecule has 0 radical (unpaired) electrons. The van der Waals surface area contributed by atoms with Crippen molar-refractivity contribution in [3.63, 3.8) is 0 Å². The van der Waals surface area contributed by atoms with Gasteiger partial charge in [0.1, 0.15) is 16.7 Å². The van der Waals surface area contributed by atoms with Crippen LogP contribution in [0.15, 0.2) is 29.1 Å². The maximum Gasteiger partial charge on any atom is 0.329 e. The molecule has 1 atom stereocenters. The van der Waals surface area contributed by atoms with E-state index in [0.29, 0.717) is 17.8 Å². The van der Waals surface area contributed by atoms with E-state index >= 15 is 0 Å². The number of esters is 1. The number of nitrogens with zero attached hydrogens (tertiary/aromatic N) is 2. The molecule has 4 rings (SSSR count). The van der Waals surface area contributed by atoms with Gasteiger partial charge in [-0.1, -0.05) is 37.6 Å². The van der Waals surface area contributed by atoms with Crippen LogP contribution >= 0.6 is 11.3 Å². The van der Waals surface area contributed by atoms with Crippen molar-refractivity contribution in [1.29, 1.82) is 0 Å². The summed E-state index contributed by atoms with van der Waals surface area (Å²) in [5.41, 5.74) is 2.91. The van der Waals surface area contributed by atoms with Crippen LogP contribution in [-0.2, 0) is 22.4 Å². The summed E-state index contributed by atoms with van der Waals surface area (Å²) in [5.74, 6) is 0.368. The zero-order chi connectivity index (χ0) is 21.4. The van der Waals surface area contributed by atoms with Crippen LogP contribution in [0.1, 0.15) is 55.7 Å². The van der Waals surface area contributed by atoms with Crippen LogP contribution in [0.25, 0.3) is 21.6 Å². The van der Waals surface area contributed by atoms with Gasteiger partial charge in [-0.25, -0.2) is 9.78 Å². The van der Waals surface area contributed by atoms with Gasteiger partial charge in [0.05, 0.1) is 12.0 Å². The van der Waals surface area contributed by atoms with Crippen LogP contribution in [0.2, 0.25) is 0 Å². The van der Waals surface area contributed by atoms with Gasteiger partial charge in [0.25, 0.3) is 5.56 Å². The van der Waals surface area contributed by atoms with Gasteiger partial charge in [-0.05, 0) is 57.1 Å². The highest BCUT2D eigenvalue weighted by molar-refractivity contribution is 7.18. The first-order valence-electron chi connectivity index (χ1n) is 10.7. The van der Waals surface area contributed by atoms with E-state index in [2.05, 4.69) is 0 Å². The molecule has 2 heterocycles. The Bertz CT molecular complexity index is 1160. The van der Waals surface area contributed by atoms with E-state index in [1.54, 1.807) is 22.8 Å². The summed E-state index contributed by atoms with van der Waals surface area (Å²) in [4.78, 5) is 33.5. The molecule has 0 bridgehead atoms. The van der Waals surface area contributed by atoms with E-state index in [-0.39, 0.29) is 11.5 Å². The summed E-state index contributed by atoms with van der Waals surface area (Å²) < 4.78 is 7.01. The van der Waals surface area contributed by atoms with Crippen molar-refractivity contribution in [3.8, 4) is 11.4 Å². The number of benzene rings is 1. The zero-order valence-corrected chi connectivity index (χ0v) is 18.8. The summed E-state index contributed by atoms with van der Waals surface area (Å²) in [5, 5.41) is 0.689. The molecule has 0 saturated carbocycles. The molecular weight excluding hydrogens is 396 g/mol. The van der Waals surface area contributed by atoms with E-state index in [1.165, 1.54) is 4.88 Å². The molecule has 0 amide bonds. The summed E-state index contributed by atoms with van der Waals surface area (Å²) in [6.45, 7) is 8.06. The second-order valence-electron chi connectivity index (χ2n) is 8.57. The van der Waals surface area contributed by atoms with Crippen molar-refractivity contribution in [2.75, 3.05) is 6.61 Å². The van der Waals surface area contributed by atoms with Crippen molar-refractivity contribution in [3.05, 3.63) is 50.6 Å². The van der Waals surface area contributed by atoms with E-state index in [0.717, 1.165) is 47.2 Å². The van der Waals surface area contributed by atoms with Crippen LogP contribution in [0.4, 0.5) is 0 Å². The number of aromatic nitrogens is 2. The number of hydrogen-bond donors (Lipinski definition) is 0. The molecule has 3 aromatic rings. The Balaban J connectivity index is 1.93. The number of carbonyl (C=O) groups is 1. The topological polar surface area (TPSA) is 61.2 Å².